The molecule has 0 saturated heterocycles. The average molecular weight is 378 g/mol. The predicted molar refractivity (Wildman–Crippen MR) is 84.9 cm³/mol. The zero-order chi connectivity index (χ0) is 13.2. The number of halogens is 2. The summed E-state index contributed by atoms with van der Waals surface area (Å²) in [6, 6.07) is 4.06. The van der Waals surface area contributed by atoms with E-state index in [4.69, 9.17) is 9.47 Å². The first-order chi connectivity index (χ1) is 9.22. The number of aryl methyl sites for hydroxylation is 1. The number of hydrogen-bond acceptors (Lipinski definition) is 5. The summed E-state index contributed by atoms with van der Waals surface area (Å²) >= 11 is 5.18. The molecule has 0 amide bonds. The smallest absolute Gasteiger partial charge is 0.231 e. The van der Waals surface area contributed by atoms with Crippen molar-refractivity contribution in [1.29, 1.82) is 0 Å². The Morgan fingerprint density at radius 2 is 2.20 bits per heavy atom. The second-order valence-corrected chi connectivity index (χ2v) is 6.09. The van der Waals surface area contributed by atoms with Gasteiger partial charge in [-0.15, -0.1) is 23.7 Å². The molecule has 0 fully saturated rings. The molecule has 0 bridgehead atoms. The Morgan fingerprint density at radius 3 is 2.95 bits per heavy atom. The van der Waals surface area contributed by atoms with E-state index in [0.29, 0.717) is 6.79 Å². The quantitative estimate of drug-likeness (QED) is 0.883. The van der Waals surface area contributed by atoms with E-state index >= 15 is 0 Å². The Morgan fingerprint density at radius 1 is 1.35 bits per heavy atom. The monoisotopic (exact) mass is 376 g/mol. The Kier molecular flexibility index (Phi) is 5.26. The third-order valence-corrected chi connectivity index (χ3v) is 4.31. The molecule has 2 heterocycles. The van der Waals surface area contributed by atoms with E-state index in [1.807, 2.05) is 19.1 Å². The molecule has 0 radical (unpaired) electrons. The molecule has 0 atom stereocenters. The largest absolute Gasteiger partial charge is 0.454 e. The first kappa shape index (κ1) is 15.6. The highest BCUT2D eigenvalue weighted by Gasteiger charge is 2.17. The Balaban J connectivity index is 0.00000147. The maximum atomic E-state index is 5.40. The van der Waals surface area contributed by atoms with Gasteiger partial charge in [0.05, 0.1) is 4.47 Å². The molecule has 1 aliphatic rings. The van der Waals surface area contributed by atoms with Crippen LogP contribution in [0.3, 0.4) is 0 Å². The highest BCUT2D eigenvalue weighted by atomic mass is 79.9. The minimum atomic E-state index is 0. The molecule has 0 unspecified atom stereocenters. The minimum Gasteiger partial charge on any atom is -0.454 e. The number of nitrogens with one attached hydrogen (secondary N) is 1. The van der Waals surface area contributed by atoms with Crippen molar-refractivity contribution >= 4 is 39.7 Å². The van der Waals surface area contributed by atoms with Crippen molar-refractivity contribution in [3.05, 3.63) is 38.3 Å². The third kappa shape index (κ3) is 3.44. The summed E-state index contributed by atoms with van der Waals surface area (Å²) in [4.78, 5) is 4.42. The van der Waals surface area contributed by atoms with Gasteiger partial charge in [-0.3, -0.25) is 0 Å². The topological polar surface area (TPSA) is 43.4 Å². The van der Waals surface area contributed by atoms with E-state index in [0.717, 1.165) is 45.3 Å². The van der Waals surface area contributed by atoms with Crippen molar-refractivity contribution < 1.29 is 9.47 Å². The van der Waals surface area contributed by atoms with Gasteiger partial charge >= 0.3 is 0 Å². The standard InChI is InChI=1S/C13H13BrN2O2S.ClH/c1-8-6-19-12(16-8)5-15-4-9-2-10(14)13-11(3-9)17-7-18-13;/h2-3,6,15H,4-5,7H2,1H3;1H. The van der Waals surface area contributed by atoms with Crippen LogP contribution in [-0.2, 0) is 13.1 Å². The molecule has 1 aromatic carbocycles. The van der Waals surface area contributed by atoms with Crippen molar-refractivity contribution in [2.24, 2.45) is 0 Å². The van der Waals surface area contributed by atoms with Crippen LogP contribution in [0.1, 0.15) is 16.3 Å². The number of rotatable bonds is 4. The van der Waals surface area contributed by atoms with E-state index in [9.17, 15) is 0 Å². The molecular formula is C13H14BrClN2O2S. The lowest BCUT2D eigenvalue weighted by Crippen LogP contribution is -2.12. The van der Waals surface area contributed by atoms with E-state index in [1.165, 1.54) is 0 Å². The van der Waals surface area contributed by atoms with E-state index in [1.54, 1.807) is 11.3 Å². The Hall–Kier alpha value is -0.820. The number of hydrogen-bond donors (Lipinski definition) is 1. The Labute approximate surface area is 136 Å². The fourth-order valence-corrected chi connectivity index (χ4v) is 3.27. The molecule has 0 saturated carbocycles. The predicted octanol–water partition coefficient (Wildman–Crippen LogP) is 3.65. The van der Waals surface area contributed by atoms with E-state index < -0.39 is 0 Å². The molecule has 3 rings (SSSR count). The summed E-state index contributed by atoms with van der Waals surface area (Å²) in [6.45, 7) is 3.86. The summed E-state index contributed by atoms with van der Waals surface area (Å²) in [7, 11) is 0. The summed E-state index contributed by atoms with van der Waals surface area (Å²) < 4.78 is 11.7. The van der Waals surface area contributed by atoms with Crippen molar-refractivity contribution in [3.8, 4) is 11.5 Å². The van der Waals surface area contributed by atoms with Crippen LogP contribution in [-0.4, -0.2) is 11.8 Å². The first-order valence-electron chi connectivity index (χ1n) is 5.92. The average Bonchev–Trinajstić information content (AvgIpc) is 2.98. The number of nitrogens with zero attached hydrogens (tertiary/aromatic N) is 1. The van der Waals surface area contributed by atoms with Crippen LogP contribution in [0.25, 0.3) is 0 Å². The van der Waals surface area contributed by atoms with Gasteiger partial charge in [-0.25, -0.2) is 4.98 Å². The van der Waals surface area contributed by atoms with Crippen LogP contribution >= 0.6 is 39.7 Å². The van der Waals surface area contributed by atoms with Crippen molar-refractivity contribution in [1.82, 2.24) is 10.3 Å². The number of ether oxygens (including phenoxy) is 2. The van der Waals surface area contributed by atoms with Crippen LogP contribution in [0.2, 0.25) is 0 Å². The molecule has 1 aromatic heterocycles. The maximum Gasteiger partial charge on any atom is 0.231 e. The molecule has 20 heavy (non-hydrogen) atoms. The molecule has 7 heteroatoms. The van der Waals surface area contributed by atoms with Crippen molar-refractivity contribution in [2.45, 2.75) is 20.0 Å². The SMILES string of the molecule is Cc1csc(CNCc2cc(Br)c3c(c2)OCO3)n1.Cl. The van der Waals surface area contributed by atoms with Gasteiger partial charge in [0.25, 0.3) is 0 Å². The van der Waals surface area contributed by atoms with Gasteiger partial charge in [0.15, 0.2) is 11.5 Å². The van der Waals surface area contributed by atoms with Gasteiger partial charge in [-0.1, -0.05) is 0 Å². The molecule has 4 nitrogen and oxygen atoms in total. The Bertz CT molecular complexity index is 606. The second-order valence-electron chi connectivity index (χ2n) is 4.30. The van der Waals surface area contributed by atoms with Gasteiger partial charge in [0.2, 0.25) is 6.79 Å². The normalized spacial score (nSPS) is 12.3. The van der Waals surface area contributed by atoms with Crippen LogP contribution in [0.5, 0.6) is 11.5 Å². The van der Waals surface area contributed by atoms with Gasteiger partial charge in [0, 0.05) is 24.2 Å². The number of thiazole rings is 1. The lowest BCUT2D eigenvalue weighted by molar-refractivity contribution is 0.173. The number of benzene rings is 1. The first-order valence-corrected chi connectivity index (χ1v) is 7.59. The van der Waals surface area contributed by atoms with Crippen LogP contribution in [0, 0.1) is 6.92 Å². The van der Waals surface area contributed by atoms with Crippen LogP contribution in [0.15, 0.2) is 22.0 Å². The number of aromatic nitrogens is 1. The summed E-state index contributed by atoms with van der Waals surface area (Å²) in [5.41, 5.74) is 2.23. The molecule has 0 aliphatic carbocycles. The highest BCUT2D eigenvalue weighted by molar-refractivity contribution is 9.10. The van der Waals surface area contributed by atoms with Crippen LogP contribution < -0.4 is 14.8 Å². The minimum absolute atomic E-state index is 0. The molecule has 1 aliphatic heterocycles. The zero-order valence-electron chi connectivity index (χ0n) is 10.8. The molecular weight excluding hydrogens is 364 g/mol. The molecule has 2 aromatic rings. The third-order valence-electron chi connectivity index (χ3n) is 2.76. The fourth-order valence-electron chi connectivity index (χ4n) is 1.92. The maximum absolute atomic E-state index is 5.40. The zero-order valence-corrected chi connectivity index (χ0v) is 14.0. The van der Waals surface area contributed by atoms with E-state index in [-0.39, 0.29) is 12.4 Å². The van der Waals surface area contributed by atoms with Gasteiger partial charge < -0.3 is 14.8 Å². The summed E-state index contributed by atoms with van der Waals surface area (Å²) in [5.74, 6) is 1.59. The van der Waals surface area contributed by atoms with Gasteiger partial charge in [-0.2, -0.15) is 0 Å². The summed E-state index contributed by atoms with van der Waals surface area (Å²) in [6.07, 6.45) is 0. The number of fused-ring (bicyclic) bond motifs is 1. The molecule has 108 valence electrons. The lowest BCUT2D eigenvalue weighted by atomic mass is 10.2. The van der Waals surface area contributed by atoms with E-state index in [2.05, 4.69) is 31.6 Å². The molecule has 1 N–H and O–H groups in total. The van der Waals surface area contributed by atoms with Crippen LogP contribution in [0.4, 0.5) is 0 Å². The summed E-state index contributed by atoms with van der Waals surface area (Å²) in [5, 5.41) is 6.55. The van der Waals surface area contributed by atoms with Gasteiger partial charge in [0.1, 0.15) is 5.01 Å². The van der Waals surface area contributed by atoms with Gasteiger partial charge in [-0.05, 0) is 40.5 Å². The lowest BCUT2D eigenvalue weighted by Gasteiger charge is -2.06. The van der Waals surface area contributed by atoms with Crippen molar-refractivity contribution in [2.75, 3.05) is 6.79 Å². The second kappa shape index (κ2) is 6.76. The van der Waals surface area contributed by atoms with Crippen molar-refractivity contribution in [3.63, 3.8) is 0 Å². The fraction of sp³-hybridized carbons (Fsp3) is 0.308. The highest BCUT2D eigenvalue weighted by Crippen LogP contribution is 2.39. The molecule has 0 spiro atoms.